The Morgan fingerprint density at radius 2 is 2.04 bits per heavy atom. The van der Waals surface area contributed by atoms with Crippen LogP contribution in [0.5, 0.6) is 5.75 Å². The van der Waals surface area contributed by atoms with Crippen LogP contribution in [0.25, 0.3) is 10.6 Å². The van der Waals surface area contributed by atoms with Crippen molar-refractivity contribution in [1.29, 1.82) is 0 Å². The van der Waals surface area contributed by atoms with Crippen LogP contribution in [0.1, 0.15) is 10.4 Å². The highest BCUT2D eigenvalue weighted by molar-refractivity contribution is 8.02. The lowest BCUT2D eigenvalue weighted by atomic mass is 10.2. The number of hydrogen-bond acceptors (Lipinski definition) is 6. The van der Waals surface area contributed by atoms with Gasteiger partial charge >= 0.3 is 5.97 Å². The number of rotatable bonds is 6. The van der Waals surface area contributed by atoms with Gasteiger partial charge in [-0.1, -0.05) is 0 Å². The molecule has 3 aromatic rings. The maximum absolute atomic E-state index is 13.0. The van der Waals surface area contributed by atoms with E-state index in [9.17, 15) is 9.18 Å². The van der Waals surface area contributed by atoms with Crippen molar-refractivity contribution in [2.75, 3.05) is 11.8 Å². The number of ether oxygens (including phenoxy) is 1. The van der Waals surface area contributed by atoms with Gasteiger partial charge in [0.05, 0.1) is 24.6 Å². The average molecular weight is 376 g/mol. The van der Waals surface area contributed by atoms with Gasteiger partial charge in [-0.3, -0.25) is 0 Å². The fourth-order valence-electron chi connectivity index (χ4n) is 2.05. The Morgan fingerprint density at radius 1 is 1.28 bits per heavy atom. The minimum atomic E-state index is -1.01. The first-order valence-corrected chi connectivity index (χ1v) is 8.76. The second kappa shape index (κ2) is 7.54. The quantitative estimate of drug-likeness (QED) is 0.604. The first-order valence-electron chi connectivity index (χ1n) is 7.13. The number of carboxylic acids is 1. The van der Waals surface area contributed by atoms with E-state index >= 15 is 0 Å². The third kappa shape index (κ3) is 4.09. The number of aromatic carboxylic acids is 1. The molecule has 0 unspecified atom stereocenters. The number of nitrogens with one attached hydrogen (secondary N) is 1. The van der Waals surface area contributed by atoms with E-state index in [1.54, 1.807) is 24.4 Å². The van der Waals surface area contributed by atoms with E-state index in [-0.39, 0.29) is 11.4 Å². The van der Waals surface area contributed by atoms with Crippen molar-refractivity contribution in [3.05, 3.63) is 60.0 Å². The molecule has 0 saturated heterocycles. The predicted octanol–water partition coefficient (Wildman–Crippen LogP) is 4.78. The monoisotopic (exact) mass is 376 g/mol. The fourth-order valence-corrected chi connectivity index (χ4v) is 3.71. The van der Waals surface area contributed by atoms with Crippen molar-refractivity contribution in [3.8, 4) is 16.3 Å². The van der Waals surface area contributed by atoms with E-state index in [2.05, 4.69) is 9.71 Å². The van der Waals surface area contributed by atoms with E-state index in [1.165, 1.54) is 54.7 Å². The summed E-state index contributed by atoms with van der Waals surface area (Å²) in [6, 6.07) is 10.8. The predicted molar refractivity (Wildman–Crippen MR) is 96.9 cm³/mol. The van der Waals surface area contributed by atoms with Crippen molar-refractivity contribution in [3.63, 3.8) is 0 Å². The number of hydrogen-bond donors (Lipinski definition) is 2. The zero-order valence-corrected chi connectivity index (χ0v) is 14.7. The zero-order valence-electron chi connectivity index (χ0n) is 13.0. The van der Waals surface area contributed by atoms with Crippen LogP contribution in [0.4, 0.5) is 10.1 Å². The van der Waals surface area contributed by atoms with Crippen molar-refractivity contribution in [2.24, 2.45) is 0 Å². The number of aromatic nitrogens is 1. The van der Waals surface area contributed by atoms with Crippen molar-refractivity contribution >= 4 is 34.9 Å². The Morgan fingerprint density at radius 3 is 2.72 bits per heavy atom. The van der Waals surface area contributed by atoms with E-state index in [0.29, 0.717) is 11.4 Å². The van der Waals surface area contributed by atoms with E-state index in [0.717, 1.165) is 14.8 Å². The number of thiazole rings is 1. The molecule has 8 heteroatoms. The molecule has 3 rings (SSSR count). The van der Waals surface area contributed by atoms with E-state index in [1.807, 2.05) is 0 Å². The summed E-state index contributed by atoms with van der Waals surface area (Å²) in [7, 11) is 1.48. The van der Waals surface area contributed by atoms with Crippen LogP contribution in [-0.4, -0.2) is 23.2 Å². The van der Waals surface area contributed by atoms with Crippen LogP contribution < -0.4 is 9.46 Å². The lowest BCUT2D eigenvalue weighted by Gasteiger charge is -2.10. The van der Waals surface area contributed by atoms with Crippen LogP contribution in [0.3, 0.4) is 0 Å². The summed E-state index contributed by atoms with van der Waals surface area (Å²) in [5.41, 5.74) is 1.67. The fraction of sp³-hybridized carbons (Fsp3) is 0.0588. The molecular weight excluding hydrogens is 363 g/mol. The van der Waals surface area contributed by atoms with Gasteiger partial charge in [0.2, 0.25) is 0 Å². The van der Waals surface area contributed by atoms with Crippen LogP contribution >= 0.6 is 23.3 Å². The van der Waals surface area contributed by atoms with Crippen LogP contribution in [0.15, 0.2) is 52.9 Å². The highest BCUT2D eigenvalue weighted by Gasteiger charge is 2.10. The van der Waals surface area contributed by atoms with Crippen LogP contribution in [-0.2, 0) is 0 Å². The lowest BCUT2D eigenvalue weighted by molar-refractivity contribution is 0.0696. The molecular formula is C17H13FN2O3S2. The molecule has 25 heavy (non-hydrogen) atoms. The standard InChI is InChI=1S/C17H13FN2O3S2/c1-23-14-8-11(17(21)22)4-7-13(14)20-25-15-9-19-16(24-15)10-2-5-12(18)6-3-10/h2-9,20H,1H3,(H,21,22). The van der Waals surface area contributed by atoms with E-state index in [4.69, 9.17) is 9.84 Å². The Bertz CT molecular complexity index is 897. The summed E-state index contributed by atoms with van der Waals surface area (Å²) < 4.78 is 22.2. The van der Waals surface area contributed by atoms with Gasteiger partial charge in [-0.25, -0.2) is 14.2 Å². The van der Waals surface area contributed by atoms with Gasteiger partial charge in [-0.15, -0.1) is 11.3 Å². The minimum absolute atomic E-state index is 0.156. The van der Waals surface area contributed by atoms with Gasteiger partial charge < -0.3 is 14.6 Å². The highest BCUT2D eigenvalue weighted by Crippen LogP contribution is 2.34. The number of nitrogens with zero attached hydrogens (tertiary/aromatic N) is 1. The molecule has 0 spiro atoms. The molecule has 0 atom stereocenters. The molecule has 0 aliphatic heterocycles. The number of benzene rings is 2. The molecule has 0 saturated carbocycles. The summed E-state index contributed by atoms with van der Waals surface area (Å²) >= 11 is 2.81. The summed E-state index contributed by atoms with van der Waals surface area (Å²) in [6.07, 6.45) is 1.72. The Hall–Kier alpha value is -2.58. The van der Waals surface area contributed by atoms with Gasteiger partial charge in [0.1, 0.15) is 20.8 Å². The second-order valence-corrected chi connectivity index (χ2v) is 7.05. The van der Waals surface area contributed by atoms with Gasteiger partial charge in [-0.2, -0.15) is 0 Å². The number of halogens is 1. The molecule has 0 radical (unpaired) electrons. The number of carbonyl (C=O) groups is 1. The van der Waals surface area contributed by atoms with E-state index < -0.39 is 5.97 Å². The van der Waals surface area contributed by atoms with Crippen molar-refractivity contribution in [2.45, 2.75) is 4.21 Å². The summed E-state index contributed by atoms with van der Waals surface area (Å²) in [5, 5.41) is 9.81. The molecule has 2 N–H and O–H groups in total. The third-order valence-electron chi connectivity index (χ3n) is 3.29. The molecule has 128 valence electrons. The smallest absolute Gasteiger partial charge is 0.335 e. The molecule has 0 aliphatic rings. The SMILES string of the molecule is COc1cc(C(=O)O)ccc1NSc1cnc(-c2ccc(F)cc2)s1. The van der Waals surface area contributed by atoms with Gasteiger partial charge in [0.25, 0.3) is 0 Å². The minimum Gasteiger partial charge on any atom is -0.495 e. The summed E-state index contributed by atoms with van der Waals surface area (Å²) in [6.45, 7) is 0. The van der Waals surface area contributed by atoms with Crippen molar-refractivity contribution < 1.29 is 19.0 Å². The molecule has 1 heterocycles. The molecule has 0 aliphatic carbocycles. The number of carboxylic acid groups (broad SMARTS) is 1. The van der Waals surface area contributed by atoms with Gasteiger partial charge in [0, 0.05) is 5.56 Å². The molecule has 1 aromatic heterocycles. The molecule has 0 bridgehead atoms. The Balaban J connectivity index is 1.72. The zero-order chi connectivity index (χ0) is 17.8. The highest BCUT2D eigenvalue weighted by atomic mass is 32.2. The van der Waals surface area contributed by atoms with Crippen molar-refractivity contribution in [1.82, 2.24) is 4.98 Å². The normalized spacial score (nSPS) is 10.5. The number of anilines is 1. The molecule has 2 aromatic carbocycles. The van der Waals surface area contributed by atoms with Gasteiger partial charge in [-0.05, 0) is 54.4 Å². The molecule has 0 fully saturated rings. The first kappa shape index (κ1) is 17.2. The third-order valence-corrected chi connectivity index (χ3v) is 5.26. The first-order chi connectivity index (χ1) is 12.1. The molecule has 5 nitrogen and oxygen atoms in total. The Labute approximate surface area is 151 Å². The largest absolute Gasteiger partial charge is 0.495 e. The summed E-state index contributed by atoms with van der Waals surface area (Å²) in [5.74, 6) is -0.854. The van der Waals surface area contributed by atoms with Gasteiger partial charge in [0.15, 0.2) is 0 Å². The average Bonchev–Trinajstić information content (AvgIpc) is 3.09. The van der Waals surface area contributed by atoms with Crippen LogP contribution in [0, 0.1) is 5.82 Å². The number of methoxy groups -OCH3 is 1. The summed E-state index contributed by atoms with van der Waals surface area (Å²) in [4.78, 5) is 15.3. The maximum atomic E-state index is 13.0. The van der Waals surface area contributed by atoms with Crippen LogP contribution in [0.2, 0.25) is 0 Å². The Kier molecular flexibility index (Phi) is 5.20. The lowest BCUT2D eigenvalue weighted by Crippen LogP contribution is -1.99. The molecule has 0 amide bonds. The maximum Gasteiger partial charge on any atom is 0.335 e. The second-order valence-electron chi connectivity index (χ2n) is 4.92. The topological polar surface area (TPSA) is 71.5 Å².